The van der Waals surface area contributed by atoms with Crippen LogP contribution in [0.4, 0.5) is 0 Å². The maximum absolute atomic E-state index is 12.1. The first-order valence-corrected chi connectivity index (χ1v) is 8.92. The Labute approximate surface area is 138 Å². The average Bonchev–Trinajstić information content (AvgIpc) is 3.09. The molecule has 0 aromatic carbocycles. The van der Waals surface area contributed by atoms with Crippen LogP contribution in [0, 0.1) is 5.92 Å². The fraction of sp³-hybridized carbons (Fsp3) is 0.667. The molecule has 2 aliphatic rings. The molecule has 0 aliphatic carbocycles. The third-order valence-corrected chi connectivity index (χ3v) is 5.01. The molecular weight excluding hydrogens is 288 g/mol. The number of carbonyl (C=O) groups is 1. The SMILES string of the molecule is O=C(CCC1CCNC1)NC1CCN(Cc2ccccn2)CC1. The van der Waals surface area contributed by atoms with Gasteiger partial charge in [-0.15, -0.1) is 0 Å². The van der Waals surface area contributed by atoms with E-state index < -0.39 is 0 Å². The van der Waals surface area contributed by atoms with Crippen molar-refractivity contribution < 1.29 is 4.79 Å². The van der Waals surface area contributed by atoms with Crippen molar-refractivity contribution in [3.05, 3.63) is 30.1 Å². The van der Waals surface area contributed by atoms with Gasteiger partial charge in [-0.05, 0) is 56.8 Å². The Hall–Kier alpha value is -1.46. The van der Waals surface area contributed by atoms with Crippen LogP contribution in [0.3, 0.4) is 0 Å². The van der Waals surface area contributed by atoms with Crippen molar-refractivity contribution in [2.75, 3.05) is 26.2 Å². The van der Waals surface area contributed by atoms with Crippen LogP contribution in [0.25, 0.3) is 0 Å². The number of aromatic nitrogens is 1. The van der Waals surface area contributed by atoms with Crippen molar-refractivity contribution in [2.45, 2.75) is 44.7 Å². The predicted molar refractivity (Wildman–Crippen MR) is 90.9 cm³/mol. The molecule has 2 N–H and O–H groups in total. The lowest BCUT2D eigenvalue weighted by Crippen LogP contribution is -2.44. The van der Waals surface area contributed by atoms with E-state index >= 15 is 0 Å². The number of amides is 1. The van der Waals surface area contributed by atoms with Gasteiger partial charge in [-0.2, -0.15) is 0 Å². The zero-order valence-corrected chi connectivity index (χ0v) is 13.8. The maximum Gasteiger partial charge on any atom is 0.220 e. The quantitative estimate of drug-likeness (QED) is 0.836. The van der Waals surface area contributed by atoms with Gasteiger partial charge in [0.25, 0.3) is 0 Å². The minimum absolute atomic E-state index is 0.236. The molecule has 0 spiro atoms. The summed E-state index contributed by atoms with van der Waals surface area (Å²) in [7, 11) is 0. The summed E-state index contributed by atoms with van der Waals surface area (Å²) < 4.78 is 0. The molecule has 2 aliphatic heterocycles. The highest BCUT2D eigenvalue weighted by Crippen LogP contribution is 2.16. The van der Waals surface area contributed by atoms with Gasteiger partial charge in [-0.3, -0.25) is 14.7 Å². The number of likely N-dealkylation sites (tertiary alicyclic amines) is 1. The molecule has 1 aromatic heterocycles. The van der Waals surface area contributed by atoms with E-state index in [4.69, 9.17) is 0 Å². The van der Waals surface area contributed by atoms with Crippen molar-refractivity contribution in [1.82, 2.24) is 20.5 Å². The van der Waals surface area contributed by atoms with E-state index in [1.807, 2.05) is 18.3 Å². The summed E-state index contributed by atoms with van der Waals surface area (Å²) in [5, 5.41) is 6.59. The lowest BCUT2D eigenvalue weighted by Gasteiger charge is -2.32. The van der Waals surface area contributed by atoms with E-state index in [-0.39, 0.29) is 5.91 Å². The molecule has 5 heteroatoms. The van der Waals surface area contributed by atoms with E-state index in [0.717, 1.165) is 57.7 Å². The summed E-state index contributed by atoms with van der Waals surface area (Å²) in [6.07, 6.45) is 6.87. The number of carbonyl (C=O) groups excluding carboxylic acids is 1. The molecule has 23 heavy (non-hydrogen) atoms. The van der Waals surface area contributed by atoms with Crippen LogP contribution in [0.5, 0.6) is 0 Å². The van der Waals surface area contributed by atoms with Gasteiger partial charge >= 0.3 is 0 Å². The molecule has 1 unspecified atom stereocenters. The Morgan fingerprint density at radius 2 is 2.17 bits per heavy atom. The fourth-order valence-electron chi connectivity index (χ4n) is 3.55. The summed E-state index contributed by atoms with van der Waals surface area (Å²) in [6.45, 7) is 5.18. The monoisotopic (exact) mass is 316 g/mol. The number of nitrogens with zero attached hydrogens (tertiary/aromatic N) is 2. The number of pyridine rings is 1. The minimum Gasteiger partial charge on any atom is -0.353 e. The van der Waals surface area contributed by atoms with Crippen LogP contribution in [-0.4, -0.2) is 48.0 Å². The van der Waals surface area contributed by atoms with Crippen LogP contribution in [-0.2, 0) is 11.3 Å². The third-order valence-electron chi connectivity index (χ3n) is 5.01. The van der Waals surface area contributed by atoms with Gasteiger partial charge in [0, 0.05) is 38.3 Å². The molecule has 126 valence electrons. The Morgan fingerprint density at radius 1 is 1.30 bits per heavy atom. The Bertz CT molecular complexity index is 479. The summed E-state index contributed by atoms with van der Waals surface area (Å²) in [4.78, 5) is 18.9. The fourth-order valence-corrected chi connectivity index (χ4v) is 3.55. The summed E-state index contributed by atoms with van der Waals surface area (Å²) in [6, 6.07) is 6.41. The number of nitrogens with one attached hydrogen (secondary N) is 2. The highest BCUT2D eigenvalue weighted by Gasteiger charge is 2.22. The molecule has 1 atom stereocenters. The van der Waals surface area contributed by atoms with Gasteiger partial charge in [0.2, 0.25) is 5.91 Å². The lowest BCUT2D eigenvalue weighted by molar-refractivity contribution is -0.122. The summed E-state index contributed by atoms with van der Waals surface area (Å²) in [5.41, 5.74) is 1.13. The van der Waals surface area contributed by atoms with E-state index in [1.165, 1.54) is 6.42 Å². The van der Waals surface area contributed by atoms with Crippen LogP contribution < -0.4 is 10.6 Å². The van der Waals surface area contributed by atoms with E-state index in [2.05, 4.69) is 26.6 Å². The molecular formula is C18H28N4O. The molecule has 3 rings (SSSR count). The summed E-state index contributed by atoms with van der Waals surface area (Å²) >= 11 is 0. The molecule has 1 amide bonds. The predicted octanol–water partition coefficient (Wildman–Crippen LogP) is 1.55. The van der Waals surface area contributed by atoms with Crippen molar-refractivity contribution >= 4 is 5.91 Å². The Morgan fingerprint density at radius 3 is 2.87 bits per heavy atom. The lowest BCUT2D eigenvalue weighted by atomic mass is 10.0. The topological polar surface area (TPSA) is 57.3 Å². The second kappa shape index (κ2) is 8.41. The zero-order chi connectivity index (χ0) is 15.9. The molecule has 2 fully saturated rings. The van der Waals surface area contributed by atoms with Crippen LogP contribution in [0.15, 0.2) is 24.4 Å². The van der Waals surface area contributed by atoms with Crippen LogP contribution in [0.2, 0.25) is 0 Å². The largest absolute Gasteiger partial charge is 0.353 e. The number of hydrogen-bond acceptors (Lipinski definition) is 4. The van der Waals surface area contributed by atoms with E-state index in [0.29, 0.717) is 18.4 Å². The number of hydrogen-bond donors (Lipinski definition) is 2. The standard InChI is InChI=1S/C18H28N4O/c23-18(5-4-15-6-10-19-13-15)21-16-7-11-22(12-8-16)14-17-3-1-2-9-20-17/h1-3,9,15-16,19H,4-8,10-14H2,(H,21,23). The second-order valence-corrected chi connectivity index (χ2v) is 6.84. The van der Waals surface area contributed by atoms with Crippen molar-refractivity contribution in [3.63, 3.8) is 0 Å². The van der Waals surface area contributed by atoms with Gasteiger partial charge < -0.3 is 10.6 Å². The molecule has 0 radical (unpaired) electrons. The second-order valence-electron chi connectivity index (χ2n) is 6.84. The molecule has 5 nitrogen and oxygen atoms in total. The smallest absolute Gasteiger partial charge is 0.220 e. The van der Waals surface area contributed by atoms with Gasteiger partial charge in [0.05, 0.1) is 5.69 Å². The van der Waals surface area contributed by atoms with Gasteiger partial charge in [-0.1, -0.05) is 6.07 Å². The minimum atomic E-state index is 0.236. The Balaban J connectivity index is 1.33. The van der Waals surface area contributed by atoms with Crippen molar-refractivity contribution in [1.29, 1.82) is 0 Å². The molecule has 1 aromatic rings. The van der Waals surface area contributed by atoms with Gasteiger partial charge in [-0.25, -0.2) is 0 Å². The zero-order valence-electron chi connectivity index (χ0n) is 13.8. The van der Waals surface area contributed by atoms with Crippen molar-refractivity contribution in [2.24, 2.45) is 5.92 Å². The summed E-state index contributed by atoms with van der Waals surface area (Å²) in [5.74, 6) is 0.932. The Kier molecular flexibility index (Phi) is 6.00. The molecule has 2 saturated heterocycles. The van der Waals surface area contributed by atoms with Crippen LogP contribution in [0.1, 0.15) is 37.8 Å². The van der Waals surface area contributed by atoms with Gasteiger partial charge in [0.1, 0.15) is 0 Å². The first kappa shape index (κ1) is 16.4. The molecule has 0 bridgehead atoms. The molecule has 0 saturated carbocycles. The van der Waals surface area contributed by atoms with Crippen LogP contribution >= 0.6 is 0 Å². The average molecular weight is 316 g/mol. The number of rotatable bonds is 6. The van der Waals surface area contributed by atoms with Gasteiger partial charge in [0.15, 0.2) is 0 Å². The highest BCUT2D eigenvalue weighted by molar-refractivity contribution is 5.76. The van der Waals surface area contributed by atoms with E-state index in [9.17, 15) is 4.79 Å². The highest BCUT2D eigenvalue weighted by atomic mass is 16.1. The maximum atomic E-state index is 12.1. The molecule has 3 heterocycles. The number of piperidine rings is 1. The normalized spacial score (nSPS) is 23.0. The van der Waals surface area contributed by atoms with Crippen molar-refractivity contribution in [3.8, 4) is 0 Å². The third kappa shape index (κ3) is 5.29. The van der Waals surface area contributed by atoms with E-state index in [1.54, 1.807) is 0 Å². The first-order valence-electron chi connectivity index (χ1n) is 8.92. The first-order chi connectivity index (χ1) is 11.3.